The van der Waals surface area contributed by atoms with E-state index in [2.05, 4.69) is 6.92 Å². The molecule has 0 aliphatic rings. The summed E-state index contributed by atoms with van der Waals surface area (Å²) in [5.41, 5.74) is 1.37. The number of hydrogen-bond donors (Lipinski definition) is 0. The lowest BCUT2D eigenvalue weighted by atomic mass is 9.95. The summed E-state index contributed by atoms with van der Waals surface area (Å²) in [5.74, 6) is -0.331. The fourth-order valence-electron chi connectivity index (χ4n) is 1.83. The lowest BCUT2D eigenvalue weighted by molar-refractivity contribution is -0.213. The molecule has 0 spiro atoms. The van der Waals surface area contributed by atoms with Gasteiger partial charge in [-0.05, 0) is 40.2 Å². The van der Waals surface area contributed by atoms with Gasteiger partial charge in [-0.2, -0.15) is 0 Å². The highest BCUT2D eigenvalue weighted by Crippen LogP contribution is 2.26. The van der Waals surface area contributed by atoms with Crippen LogP contribution in [0.2, 0.25) is 0 Å². The van der Waals surface area contributed by atoms with Gasteiger partial charge in [0.2, 0.25) is 6.29 Å². The summed E-state index contributed by atoms with van der Waals surface area (Å²) >= 11 is 0. The Hall–Kier alpha value is -1.09. The molecule has 0 aliphatic heterocycles. The molecule has 23 heavy (non-hydrogen) atoms. The van der Waals surface area contributed by atoms with E-state index in [1.165, 1.54) is 0 Å². The minimum absolute atomic E-state index is 0.0736. The number of esters is 1. The van der Waals surface area contributed by atoms with Gasteiger partial charge in [0.15, 0.2) is 0 Å². The second-order valence-corrected chi connectivity index (χ2v) is 6.80. The molecule has 0 fully saturated rings. The van der Waals surface area contributed by atoms with E-state index < -0.39 is 6.29 Å². The summed E-state index contributed by atoms with van der Waals surface area (Å²) in [6.07, 6.45) is 5.12. The molecule has 136 valence electrons. The van der Waals surface area contributed by atoms with Gasteiger partial charge in [0.25, 0.3) is 0 Å². The quantitative estimate of drug-likeness (QED) is 0.247. The maximum atomic E-state index is 12.3. The van der Waals surface area contributed by atoms with E-state index >= 15 is 0 Å². The smallest absolute Gasteiger partial charge is 0.340 e. The molecule has 0 heterocycles. The standard InChI is InChI=1S/C18H32O3.C2H6/c1-9-11-14(5)20-17(18(6,7)8)21-16(19)15(10-2)12-13(3)4;1-2/h10,12,14,17H,9,11H2,1-8H3;1-2H3/b15-10+;. The number of allylic oxidation sites excluding steroid dienone is 2. The maximum absolute atomic E-state index is 12.3. The monoisotopic (exact) mass is 326 g/mol. The van der Waals surface area contributed by atoms with Crippen molar-refractivity contribution in [2.24, 2.45) is 5.41 Å². The second kappa shape index (κ2) is 12.3. The summed E-state index contributed by atoms with van der Waals surface area (Å²) in [5, 5.41) is 0. The van der Waals surface area contributed by atoms with Gasteiger partial charge in [-0.25, -0.2) is 4.79 Å². The first kappa shape index (κ1) is 24.2. The largest absolute Gasteiger partial charge is 0.432 e. The molecule has 0 amide bonds. The third-order valence-corrected chi connectivity index (χ3v) is 2.96. The molecular formula is C20H38O3. The Labute approximate surface area is 144 Å². The maximum Gasteiger partial charge on any atom is 0.340 e. The highest BCUT2D eigenvalue weighted by Gasteiger charge is 2.31. The normalized spacial score (nSPS) is 14.3. The highest BCUT2D eigenvalue weighted by molar-refractivity contribution is 5.91. The topological polar surface area (TPSA) is 35.5 Å². The van der Waals surface area contributed by atoms with Crippen LogP contribution in [0.3, 0.4) is 0 Å². The SMILES string of the molecule is C/C=C(\C=C(C)C)C(=O)OC(OC(C)CCC)C(C)(C)C.CC. The van der Waals surface area contributed by atoms with Crippen LogP contribution >= 0.6 is 0 Å². The number of hydrogen-bond acceptors (Lipinski definition) is 3. The van der Waals surface area contributed by atoms with Crippen molar-refractivity contribution in [2.45, 2.75) is 94.5 Å². The molecule has 0 saturated carbocycles. The molecule has 2 unspecified atom stereocenters. The van der Waals surface area contributed by atoms with Crippen molar-refractivity contribution < 1.29 is 14.3 Å². The van der Waals surface area contributed by atoms with Gasteiger partial charge < -0.3 is 9.47 Å². The van der Waals surface area contributed by atoms with Crippen molar-refractivity contribution in [3.8, 4) is 0 Å². The van der Waals surface area contributed by atoms with Crippen molar-refractivity contribution in [3.63, 3.8) is 0 Å². The molecule has 0 aromatic carbocycles. The fraction of sp³-hybridized carbons (Fsp3) is 0.750. The number of carbonyl (C=O) groups excluding carboxylic acids is 1. The molecule has 0 aromatic heterocycles. The van der Waals surface area contributed by atoms with Gasteiger partial charge in [0, 0.05) is 5.41 Å². The fourth-order valence-corrected chi connectivity index (χ4v) is 1.83. The van der Waals surface area contributed by atoms with E-state index in [1.54, 1.807) is 6.08 Å². The molecule has 0 radical (unpaired) electrons. The van der Waals surface area contributed by atoms with Crippen LogP contribution in [0.25, 0.3) is 0 Å². The Balaban J connectivity index is 0. The first-order valence-corrected chi connectivity index (χ1v) is 8.79. The van der Waals surface area contributed by atoms with Gasteiger partial charge in [0.1, 0.15) is 0 Å². The third kappa shape index (κ3) is 11.1. The van der Waals surface area contributed by atoms with Gasteiger partial charge in [-0.15, -0.1) is 0 Å². The Bertz CT molecular complexity index is 382. The summed E-state index contributed by atoms with van der Waals surface area (Å²) in [6.45, 7) is 19.9. The average Bonchev–Trinajstić information content (AvgIpc) is 2.45. The number of ether oxygens (including phenoxy) is 2. The Morgan fingerprint density at radius 2 is 1.70 bits per heavy atom. The summed E-state index contributed by atoms with van der Waals surface area (Å²) in [7, 11) is 0. The van der Waals surface area contributed by atoms with Gasteiger partial charge in [-0.1, -0.05) is 59.6 Å². The molecule has 3 heteroatoms. The van der Waals surface area contributed by atoms with Crippen LogP contribution in [0, 0.1) is 5.41 Å². The van der Waals surface area contributed by atoms with E-state index in [0.717, 1.165) is 18.4 Å². The first-order chi connectivity index (χ1) is 10.6. The zero-order chi connectivity index (χ0) is 18.6. The van der Waals surface area contributed by atoms with Crippen LogP contribution in [0.5, 0.6) is 0 Å². The van der Waals surface area contributed by atoms with Crippen LogP contribution < -0.4 is 0 Å². The van der Waals surface area contributed by atoms with Crippen LogP contribution in [0.15, 0.2) is 23.3 Å². The van der Waals surface area contributed by atoms with Crippen molar-refractivity contribution in [1.82, 2.24) is 0 Å². The summed E-state index contributed by atoms with van der Waals surface area (Å²) in [4.78, 5) is 12.3. The van der Waals surface area contributed by atoms with Gasteiger partial charge >= 0.3 is 5.97 Å². The highest BCUT2D eigenvalue weighted by atomic mass is 16.7. The minimum atomic E-state index is -0.549. The molecule has 3 nitrogen and oxygen atoms in total. The Kier molecular flexibility index (Phi) is 13.0. The van der Waals surface area contributed by atoms with Gasteiger partial charge in [-0.3, -0.25) is 0 Å². The van der Waals surface area contributed by atoms with Crippen molar-refractivity contribution in [1.29, 1.82) is 0 Å². The summed E-state index contributed by atoms with van der Waals surface area (Å²) < 4.78 is 11.5. The molecule has 0 saturated heterocycles. The predicted molar refractivity (Wildman–Crippen MR) is 99.3 cm³/mol. The lowest BCUT2D eigenvalue weighted by Crippen LogP contribution is -2.37. The van der Waals surface area contributed by atoms with Crippen molar-refractivity contribution in [2.75, 3.05) is 0 Å². The zero-order valence-electron chi connectivity index (χ0n) is 16.9. The van der Waals surface area contributed by atoms with E-state index in [9.17, 15) is 4.79 Å². The number of rotatable bonds is 7. The minimum Gasteiger partial charge on any atom is -0.432 e. The van der Waals surface area contributed by atoms with Crippen molar-refractivity contribution in [3.05, 3.63) is 23.3 Å². The van der Waals surface area contributed by atoms with Crippen LogP contribution in [0.4, 0.5) is 0 Å². The Morgan fingerprint density at radius 1 is 1.17 bits per heavy atom. The molecule has 2 atom stereocenters. The van der Waals surface area contributed by atoms with Crippen LogP contribution in [-0.4, -0.2) is 18.4 Å². The van der Waals surface area contributed by atoms with Crippen LogP contribution in [-0.2, 0) is 14.3 Å². The zero-order valence-corrected chi connectivity index (χ0v) is 16.9. The molecular weight excluding hydrogens is 288 g/mol. The second-order valence-electron chi connectivity index (χ2n) is 6.80. The predicted octanol–water partition coefficient (Wildman–Crippen LogP) is 6.05. The first-order valence-electron chi connectivity index (χ1n) is 8.79. The lowest BCUT2D eigenvalue weighted by Gasteiger charge is -2.32. The van der Waals surface area contributed by atoms with Gasteiger partial charge in [0.05, 0.1) is 11.7 Å². The van der Waals surface area contributed by atoms with E-state index in [-0.39, 0.29) is 17.5 Å². The van der Waals surface area contributed by atoms with Crippen molar-refractivity contribution >= 4 is 5.97 Å². The molecule has 0 bridgehead atoms. The number of carbonyl (C=O) groups is 1. The van der Waals surface area contributed by atoms with E-state index in [4.69, 9.17) is 9.47 Å². The average molecular weight is 327 g/mol. The molecule has 0 N–H and O–H groups in total. The third-order valence-electron chi connectivity index (χ3n) is 2.96. The molecule has 0 rings (SSSR count). The molecule has 0 aromatic rings. The van der Waals surface area contributed by atoms with E-state index in [0.29, 0.717) is 5.57 Å². The molecule has 0 aliphatic carbocycles. The van der Waals surface area contributed by atoms with E-state index in [1.807, 2.05) is 68.4 Å². The Morgan fingerprint density at radius 3 is 2.04 bits per heavy atom. The summed E-state index contributed by atoms with van der Waals surface area (Å²) in [6, 6.07) is 0. The van der Waals surface area contributed by atoms with Crippen LogP contribution in [0.1, 0.15) is 82.1 Å².